The van der Waals surface area contributed by atoms with E-state index in [-0.39, 0.29) is 12.1 Å². The summed E-state index contributed by atoms with van der Waals surface area (Å²) in [5.41, 5.74) is 2.09. The average Bonchev–Trinajstić information content (AvgIpc) is 2.85. The number of hydrogen-bond donors (Lipinski definition) is 1. The van der Waals surface area contributed by atoms with Crippen LogP contribution >= 0.6 is 11.3 Å². The summed E-state index contributed by atoms with van der Waals surface area (Å²) in [7, 11) is 0. The SMILES string of the molecule is CC(NC(C)c1cc(F)ccc1F)c1cncs1. The van der Waals surface area contributed by atoms with Crippen LogP contribution in [0.15, 0.2) is 29.9 Å². The van der Waals surface area contributed by atoms with Gasteiger partial charge in [0.1, 0.15) is 11.6 Å². The van der Waals surface area contributed by atoms with E-state index in [2.05, 4.69) is 10.3 Å². The van der Waals surface area contributed by atoms with Crippen molar-refractivity contribution in [3.8, 4) is 0 Å². The zero-order valence-corrected chi connectivity index (χ0v) is 11.0. The Morgan fingerprint density at radius 3 is 2.67 bits per heavy atom. The molecule has 2 rings (SSSR count). The summed E-state index contributed by atoms with van der Waals surface area (Å²) in [6.45, 7) is 3.79. The van der Waals surface area contributed by atoms with Crippen LogP contribution in [0, 0.1) is 11.6 Å². The topological polar surface area (TPSA) is 24.9 Å². The van der Waals surface area contributed by atoms with Gasteiger partial charge in [0, 0.05) is 28.7 Å². The van der Waals surface area contributed by atoms with Gasteiger partial charge in [-0.25, -0.2) is 8.78 Å². The largest absolute Gasteiger partial charge is 0.303 e. The van der Waals surface area contributed by atoms with Gasteiger partial charge in [-0.1, -0.05) is 0 Å². The van der Waals surface area contributed by atoms with Crippen molar-refractivity contribution < 1.29 is 8.78 Å². The Hall–Kier alpha value is -1.33. The molecular weight excluding hydrogens is 254 g/mol. The minimum absolute atomic E-state index is 0.0511. The summed E-state index contributed by atoms with van der Waals surface area (Å²) in [5.74, 6) is -0.821. The van der Waals surface area contributed by atoms with E-state index in [0.29, 0.717) is 5.56 Å². The highest BCUT2D eigenvalue weighted by Crippen LogP contribution is 2.23. The third kappa shape index (κ3) is 2.91. The second-order valence-corrected chi connectivity index (χ2v) is 5.10. The predicted octanol–water partition coefficient (Wildman–Crippen LogP) is 3.83. The fraction of sp³-hybridized carbons (Fsp3) is 0.308. The number of halogens is 2. The summed E-state index contributed by atoms with van der Waals surface area (Å²) in [5, 5.41) is 3.23. The van der Waals surface area contributed by atoms with Gasteiger partial charge in [0.15, 0.2) is 0 Å². The molecule has 2 nitrogen and oxygen atoms in total. The molecule has 18 heavy (non-hydrogen) atoms. The molecule has 5 heteroatoms. The van der Waals surface area contributed by atoms with Crippen LogP contribution in [0.5, 0.6) is 0 Å². The van der Waals surface area contributed by atoms with Crippen molar-refractivity contribution in [2.24, 2.45) is 0 Å². The maximum absolute atomic E-state index is 13.6. The van der Waals surface area contributed by atoms with Crippen molar-refractivity contribution in [1.82, 2.24) is 10.3 Å². The van der Waals surface area contributed by atoms with Crippen LogP contribution in [0.4, 0.5) is 8.78 Å². The molecule has 0 bridgehead atoms. The second kappa shape index (κ2) is 5.54. The van der Waals surface area contributed by atoms with Crippen LogP contribution in [-0.2, 0) is 0 Å². The van der Waals surface area contributed by atoms with Crippen molar-refractivity contribution in [1.29, 1.82) is 0 Å². The molecule has 1 aromatic heterocycles. The fourth-order valence-corrected chi connectivity index (χ4v) is 2.47. The zero-order valence-electron chi connectivity index (χ0n) is 10.2. The quantitative estimate of drug-likeness (QED) is 0.911. The van der Waals surface area contributed by atoms with E-state index < -0.39 is 11.6 Å². The van der Waals surface area contributed by atoms with Gasteiger partial charge >= 0.3 is 0 Å². The van der Waals surface area contributed by atoms with Gasteiger partial charge in [-0.3, -0.25) is 4.98 Å². The lowest BCUT2D eigenvalue weighted by Crippen LogP contribution is -2.22. The molecule has 2 aromatic rings. The Kier molecular flexibility index (Phi) is 4.04. The fourth-order valence-electron chi connectivity index (χ4n) is 1.83. The van der Waals surface area contributed by atoms with Gasteiger partial charge in [0.2, 0.25) is 0 Å². The van der Waals surface area contributed by atoms with Gasteiger partial charge < -0.3 is 5.32 Å². The first-order valence-electron chi connectivity index (χ1n) is 5.67. The Bertz CT molecular complexity index is 514. The molecule has 2 unspecified atom stereocenters. The lowest BCUT2D eigenvalue weighted by atomic mass is 10.1. The van der Waals surface area contributed by atoms with Crippen LogP contribution in [0.25, 0.3) is 0 Å². The van der Waals surface area contributed by atoms with Crippen LogP contribution in [-0.4, -0.2) is 4.98 Å². The second-order valence-electron chi connectivity index (χ2n) is 4.18. The summed E-state index contributed by atoms with van der Waals surface area (Å²) in [4.78, 5) is 5.07. The Balaban J connectivity index is 2.12. The number of thiazole rings is 1. The van der Waals surface area contributed by atoms with E-state index in [9.17, 15) is 8.78 Å². The summed E-state index contributed by atoms with van der Waals surface area (Å²) in [6, 6.07) is 3.29. The number of hydrogen-bond acceptors (Lipinski definition) is 3. The zero-order chi connectivity index (χ0) is 13.1. The molecule has 0 aliphatic carbocycles. The third-order valence-corrected chi connectivity index (χ3v) is 3.76. The van der Waals surface area contributed by atoms with Gasteiger partial charge in [-0.15, -0.1) is 11.3 Å². The maximum Gasteiger partial charge on any atom is 0.128 e. The molecule has 0 radical (unpaired) electrons. The Morgan fingerprint density at radius 1 is 1.22 bits per heavy atom. The molecular formula is C13H14F2N2S. The summed E-state index contributed by atoms with van der Waals surface area (Å²) < 4.78 is 26.7. The van der Waals surface area contributed by atoms with Gasteiger partial charge in [-0.05, 0) is 32.0 Å². The molecule has 2 atom stereocenters. The van der Waals surface area contributed by atoms with E-state index in [4.69, 9.17) is 0 Å². The number of rotatable bonds is 4. The van der Waals surface area contributed by atoms with E-state index in [1.165, 1.54) is 17.4 Å². The molecule has 96 valence electrons. The van der Waals surface area contributed by atoms with Crippen molar-refractivity contribution in [2.75, 3.05) is 0 Å². The van der Waals surface area contributed by atoms with Crippen LogP contribution < -0.4 is 5.32 Å². The highest BCUT2D eigenvalue weighted by atomic mass is 32.1. The molecule has 0 aliphatic rings. The molecule has 1 heterocycles. The molecule has 1 N–H and O–H groups in total. The number of benzene rings is 1. The minimum atomic E-state index is -0.425. The van der Waals surface area contributed by atoms with Gasteiger partial charge in [0.05, 0.1) is 5.51 Å². The smallest absolute Gasteiger partial charge is 0.128 e. The van der Waals surface area contributed by atoms with Crippen molar-refractivity contribution in [2.45, 2.75) is 25.9 Å². The molecule has 0 spiro atoms. The molecule has 0 saturated heterocycles. The minimum Gasteiger partial charge on any atom is -0.303 e. The first kappa shape index (κ1) is 13.1. The average molecular weight is 268 g/mol. The van der Waals surface area contributed by atoms with E-state index in [1.807, 2.05) is 13.8 Å². The Morgan fingerprint density at radius 2 is 2.00 bits per heavy atom. The number of nitrogens with zero attached hydrogens (tertiary/aromatic N) is 1. The van der Waals surface area contributed by atoms with E-state index in [0.717, 1.165) is 17.0 Å². The highest BCUT2D eigenvalue weighted by Gasteiger charge is 2.15. The van der Waals surface area contributed by atoms with Crippen molar-refractivity contribution >= 4 is 11.3 Å². The van der Waals surface area contributed by atoms with E-state index >= 15 is 0 Å². The Labute approximate surface area is 109 Å². The van der Waals surface area contributed by atoms with Crippen molar-refractivity contribution in [3.05, 3.63) is 52.0 Å². The highest BCUT2D eigenvalue weighted by molar-refractivity contribution is 7.09. The van der Waals surface area contributed by atoms with Gasteiger partial charge in [-0.2, -0.15) is 0 Å². The molecule has 0 amide bonds. The monoisotopic (exact) mass is 268 g/mol. The lowest BCUT2D eigenvalue weighted by Gasteiger charge is -2.19. The first-order valence-corrected chi connectivity index (χ1v) is 6.55. The van der Waals surface area contributed by atoms with E-state index in [1.54, 1.807) is 11.7 Å². The lowest BCUT2D eigenvalue weighted by molar-refractivity contribution is 0.473. The molecule has 1 aromatic carbocycles. The van der Waals surface area contributed by atoms with Crippen LogP contribution in [0.1, 0.15) is 36.4 Å². The third-order valence-electron chi connectivity index (χ3n) is 2.80. The number of nitrogens with one attached hydrogen (secondary N) is 1. The van der Waals surface area contributed by atoms with Crippen LogP contribution in [0.3, 0.4) is 0 Å². The van der Waals surface area contributed by atoms with Gasteiger partial charge in [0.25, 0.3) is 0 Å². The predicted molar refractivity (Wildman–Crippen MR) is 68.4 cm³/mol. The molecule has 0 fully saturated rings. The maximum atomic E-state index is 13.6. The van der Waals surface area contributed by atoms with Crippen LogP contribution in [0.2, 0.25) is 0 Å². The molecule has 0 saturated carbocycles. The summed E-state index contributed by atoms with van der Waals surface area (Å²) in [6.07, 6.45) is 1.77. The summed E-state index contributed by atoms with van der Waals surface area (Å²) >= 11 is 1.53. The normalized spacial score (nSPS) is 14.4. The standard InChI is InChI=1S/C13H14F2N2S/c1-8(11-5-10(14)3-4-12(11)15)17-9(2)13-6-16-7-18-13/h3-9,17H,1-2H3. The van der Waals surface area contributed by atoms with Crippen molar-refractivity contribution in [3.63, 3.8) is 0 Å². The first-order chi connectivity index (χ1) is 8.58. The number of aromatic nitrogens is 1. The molecule has 0 aliphatic heterocycles.